The van der Waals surface area contributed by atoms with Gasteiger partial charge in [0.05, 0.1) is 5.57 Å². The van der Waals surface area contributed by atoms with E-state index in [2.05, 4.69) is 0 Å². The highest BCUT2D eigenvalue weighted by Crippen LogP contribution is 2.26. The van der Waals surface area contributed by atoms with Gasteiger partial charge in [-0.05, 0) is 11.1 Å². The highest BCUT2D eigenvalue weighted by atomic mass is 16.3. The summed E-state index contributed by atoms with van der Waals surface area (Å²) in [4.78, 5) is 10.8. The molecule has 1 unspecified atom stereocenters. The summed E-state index contributed by atoms with van der Waals surface area (Å²) in [6.45, 7) is 0. The molecule has 15 heavy (non-hydrogen) atoms. The summed E-state index contributed by atoms with van der Waals surface area (Å²) in [6.07, 6.45) is 4.27. The maximum absolute atomic E-state index is 10.8. The fourth-order valence-electron chi connectivity index (χ4n) is 1.59. The predicted molar refractivity (Wildman–Crippen MR) is 58.8 cm³/mol. The van der Waals surface area contributed by atoms with E-state index in [0.717, 1.165) is 11.1 Å². The van der Waals surface area contributed by atoms with Crippen molar-refractivity contribution < 1.29 is 9.90 Å². The van der Waals surface area contributed by atoms with Crippen molar-refractivity contribution in [2.24, 2.45) is 0 Å². The molecule has 0 aliphatic heterocycles. The van der Waals surface area contributed by atoms with Gasteiger partial charge in [0.2, 0.25) is 0 Å². The van der Waals surface area contributed by atoms with Crippen molar-refractivity contribution in [2.45, 2.75) is 6.10 Å². The first-order chi connectivity index (χ1) is 7.33. The highest BCUT2D eigenvalue weighted by Gasteiger charge is 2.17. The Morgan fingerprint density at radius 1 is 1.20 bits per heavy atom. The van der Waals surface area contributed by atoms with Crippen LogP contribution in [0.3, 0.4) is 0 Å². The van der Waals surface area contributed by atoms with Gasteiger partial charge in [0.25, 0.3) is 0 Å². The molecule has 2 rings (SSSR count). The zero-order valence-electron chi connectivity index (χ0n) is 8.05. The molecular weight excluding hydrogens is 188 g/mol. The van der Waals surface area contributed by atoms with E-state index in [1.807, 2.05) is 36.4 Å². The van der Waals surface area contributed by atoms with Crippen molar-refractivity contribution in [1.82, 2.24) is 0 Å². The van der Waals surface area contributed by atoms with E-state index in [9.17, 15) is 9.90 Å². The van der Waals surface area contributed by atoms with Crippen LogP contribution >= 0.6 is 0 Å². The number of hydrogen-bond donors (Lipinski definition) is 1. The average Bonchev–Trinajstić information content (AvgIpc) is 2.30. The average molecular weight is 198 g/mol. The van der Waals surface area contributed by atoms with E-state index in [1.165, 1.54) is 0 Å². The summed E-state index contributed by atoms with van der Waals surface area (Å²) >= 11 is 0. The third kappa shape index (κ3) is 1.82. The summed E-state index contributed by atoms with van der Waals surface area (Å²) in [5.41, 5.74) is 1.95. The minimum absolute atomic E-state index is 0.295. The molecule has 0 saturated heterocycles. The Kier molecular flexibility index (Phi) is 2.64. The van der Waals surface area contributed by atoms with Crippen molar-refractivity contribution in [3.8, 4) is 0 Å². The fourth-order valence-corrected chi connectivity index (χ4v) is 1.59. The largest absolute Gasteiger partial charge is 0.383 e. The van der Waals surface area contributed by atoms with Gasteiger partial charge in [-0.15, -0.1) is 0 Å². The van der Waals surface area contributed by atoms with Crippen molar-refractivity contribution in [2.75, 3.05) is 0 Å². The van der Waals surface area contributed by atoms with Gasteiger partial charge in [-0.3, -0.25) is 0 Å². The number of benzene rings is 1. The molecule has 1 aromatic rings. The van der Waals surface area contributed by atoms with Crippen LogP contribution < -0.4 is 0 Å². The Morgan fingerprint density at radius 3 is 2.60 bits per heavy atom. The Labute approximate surface area is 87.9 Å². The zero-order valence-corrected chi connectivity index (χ0v) is 8.05. The number of allylic oxidation sites excluding steroid dienone is 2. The van der Waals surface area contributed by atoms with Crippen molar-refractivity contribution >= 4 is 11.5 Å². The molecule has 1 atom stereocenters. The Bertz CT molecular complexity index is 463. The number of aliphatic hydroxyl groups is 1. The zero-order chi connectivity index (χ0) is 10.7. The van der Waals surface area contributed by atoms with Gasteiger partial charge in [-0.25, -0.2) is 4.79 Å². The number of aliphatic hydroxyl groups excluding tert-OH is 1. The first-order valence-corrected chi connectivity index (χ1v) is 4.70. The number of carbonyl (C=O) groups excluding carboxylic acids is 1. The van der Waals surface area contributed by atoms with Gasteiger partial charge in [0.15, 0.2) is 0 Å². The van der Waals surface area contributed by atoms with Crippen LogP contribution in [0.1, 0.15) is 5.56 Å². The van der Waals surface area contributed by atoms with Crippen LogP contribution in [-0.4, -0.2) is 17.2 Å². The van der Waals surface area contributed by atoms with Crippen LogP contribution in [-0.2, 0) is 4.79 Å². The summed E-state index contributed by atoms with van der Waals surface area (Å²) in [5.74, 6) is 1.80. The minimum Gasteiger partial charge on any atom is -0.383 e. The molecule has 0 aromatic heterocycles. The second kappa shape index (κ2) is 4.09. The minimum atomic E-state index is -0.845. The molecule has 0 fully saturated rings. The molecule has 1 aromatic carbocycles. The quantitative estimate of drug-likeness (QED) is 0.698. The van der Waals surface area contributed by atoms with Gasteiger partial charge in [-0.2, -0.15) is 0 Å². The monoisotopic (exact) mass is 198 g/mol. The third-order valence-corrected chi connectivity index (χ3v) is 2.34. The number of hydrogen-bond acceptors (Lipinski definition) is 2. The Morgan fingerprint density at radius 2 is 1.93 bits per heavy atom. The third-order valence-electron chi connectivity index (χ3n) is 2.34. The van der Waals surface area contributed by atoms with Crippen LogP contribution in [0, 0.1) is 0 Å². The summed E-state index contributed by atoms with van der Waals surface area (Å²) in [6, 6.07) is 9.49. The van der Waals surface area contributed by atoms with Crippen LogP contribution in [0.15, 0.2) is 54.1 Å². The van der Waals surface area contributed by atoms with E-state index in [-0.39, 0.29) is 0 Å². The first kappa shape index (κ1) is 9.66. The maximum atomic E-state index is 10.8. The molecule has 0 radical (unpaired) electrons. The van der Waals surface area contributed by atoms with Gasteiger partial charge in [0, 0.05) is 0 Å². The van der Waals surface area contributed by atoms with Crippen LogP contribution in [0.5, 0.6) is 0 Å². The van der Waals surface area contributed by atoms with Crippen LogP contribution in [0.2, 0.25) is 0 Å². The van der Waals surface area contributed by atoms with E-state index in [0.29, 0.717) is 5.57 Å². The van der Waals surface area contributed by atoms with Crippen LogP contribution in [0.4, 0.5) is 0 Å². The lowest BCUT2D eigenvalue weighted by molar-refractivity contribution is 0.264. The molecule has 1 aliphatic carbocycles. The van der Waals surface area contributed by atoms with Crippen molar-refractivity contribution in [3.05, 3.63) is 59.7 Å². The molecule has 0 amide bonds. The van der Waals surface area contributed by atoms with Crippen molar-refractivity contribution in [3.63, 3.8) is 0 Å². The van der Waals surface area contributed by atoms with E-state index >= 15 is 0 Å². The van der Waals surface area contributed by atoms with Crippen molar-refractivity contribution in [1.29, 1.82) is 0 Å². The molecule has 0 saturated carbocycles. The van der Waals surface area contributed by atoms with Gasteiger partial charge in [0.1, 0.15) is 12.0 Å². The molecule has 0 spiro atoms. The second-order valence-electron chi connectivity index (χ2n) is 3.29. The maximum Gasteiger partial charge on any atom is 0.131 e. The molecular formula is C13H10O2. The topological polar surface area (TPSA) is 37.3 Å². The summed E-state index contributed by atoms with van der Waals surface area (Å²) in [5, 5.41) is 9.57. The molecule has 0 heterocycles. The predicted octanol–water partition coefficient (Wildman–Crippen LogP) is 1.76. The molecule has 74 valence electrons. The lowest BCUT2D eigenvalue weighted by Gasteiger charge is -2.15. The molecule has 0 bridgehead atoms. The second-order valence-corrected chi connectivity index (χ2v) is 3.29. The SMILES string of the molecule is O=C=C1C(c2ccccc2)=CC=CC1O. The molecule has 2 heteroatoms. The van der Waals surface area contributed by atoms with E-state index in [1.54, 1.807) is 18.1 Å². The molecule has 2 nitrogen and oxygen atoms in total. The summed E-state index contributed by atoms with van der Waals surface area (Å²) < 4.78 is 0. The van der Waals surface area contributed by atoms with Crippen LogP contribution in [0.25, 0.3) is 5.57 Å². The lowest BCUT2D eigenvalue weighted by atomic mass is 9.91. The van der Waals surface area contributed by atoms with E-state index < -0.39 is 6.10 Å². The Hall–Kier alpha value is -1.89. The smallest absolute Gasteiger partial charge is 0.131 e. The standard InChI is InChI=1S/C13H10O2/c14-9-12-11(7-4-8-13(12)15)10-5-2-1-3-6-10/h1-8,13,15H. The normalized spacial score (nSPS) is 19.7. The van der Waals surface area contributed by atoms with Gasteiger partial charge < -0.3 is 5.11 Å². The highest BCUT2D eigenvalue weighted by molar-refractivity contribution is 5.90. The van der Waals surface area contributed by atoms with Gasteiger partial charge >= 0.3 is 0 Å². The summed E-state index contributed by atoms with van der Waals surface area (Å²) in [7, 11) is 0. The first-order valence-electron chi connectivity index (χ1n) is 4.70. The number of rotatable bonds is 1. The fraction of sp³-hybridized carbons (Fsp3) is 0.0769. The Balaban J connectivity index is 2.49. The van der Waals surface area contributed by atoms with E-state index in [4.69, 9.17) is 0 Å². The molecule has 1 aliphatic rings. The van der Waals surface area contributed by atoms with Gasteiger partial charge in [-0.1, -0.05) is 48.6 Å². The molecule has 1 N–H and O–H groups in total. The lowest BCUT2D eigenvalue weighted by Crippen LogP contribution is -2.11.